The van der Waals surface area contributed by atoms with Crippen LogP contribution in [0.2, 0.25) is 0 Å². The van der Waals surface area contributed by atoms with Crippen molar-refractivity contribution in [2.45, 2.75) is 37.1 Å². The number of aliphatic carboxylic acids is 1. The van der Waals surface area contributed by atoms with E-state index >= 15 is 0 Å². The van der Waals surface area contributed by atoms with Crippen LogP contribution in [0.15, 0.2) is 0 Å². The molecule has 1 N–H and O–H groups in total. The molecule has 0 aromatic heterocycles. The SMILES string of the molecule is C[C@@]12CCCC(=O)N1[C@H](C(=O)O)CS2. The van der Waals surface area contributed by atoms with Crippen LogP contribution in [0.1, 0.15) is 26.2 Å². The number of carbonyl (C=O) groups excluding carboxylic acids is 1. The van der Waals surface area contributed by atoms with Crippen LogP contribution in [0.4, 0.5) is 0 Å². The van der Waals surface area contributed by atoms with Gasteiger partial charge < -0.3 is 10.0 Å². The number of thioether (sulfide) groups is 1. The lowest BCUT2D eigenvalue weighted by Crippen LogP contribution is -2.53. The zero-order chi connectivity index (χ0) is 10.3. The van der Waals surface area contributed by atoms with Gasteiger partial charge in [0.15, 0.2) is 0 Å². The topological polar surface area (TPSA) is 57.6 Å². The second kappa shape index (κ2) is 3.15. The number of amides is 1. The van der Waals surface area contributed by atoms with Gasteiger partial charge in [-0.3, -0.25) is 4.79 Å². The van der Waals surface area contributed by atoms with Crippen LogP contribution in [0.5, 0.6) is 0 Å². The first-order valence-electron chi connectivity index (χ1n) is 4.73. The third-order valence-electron chi connectivity index (χ3n) is 2.96. The predicted octanol–water partition coefficient (Wildman–Crippen LogP) is 0.915. The minimum Gasteiger partial charge on any atom is -0.480 e. The molecule has 2 aliphatic heterocycles. The van der Waals surface area contributed by atoms with E-state index in [1.807, 2.05) is 6.92 Å². The number of fused-ring (bicyclic) bond motifs is 1. The van der Waals surface area contributed by atoms with Crippen LogP contribution in [0.3, 0.4) is 0 Å². The molecule has 2 atom stereocenters. The maximum Gasteiger partial charge on any atom is 0.327 e. The highest BCUT2D eigenvalue weighted by Crippen LogP contribution is 2.45. The van der Waals surface area contributed by atoms with E-state index in [1.54, 1.807) is 16.7 Å². The van der Waals surface area contributed by atoms with E-state index in [9.17, 15) is 9.59 Å². The van der Waals surface area contributed by atoms with Crippen molar-refractivity contribution in [2.75, 3.05) is 5.75 Å². The van der Waals surface area contributed by atoms with Gasteiger partial charge in [0, 0.05) is 12.2 Å². The van der Waals surface area contributed by atoms with Crippen LogP contribution >= 0.6 is 11.8 Å². The van der Waals surface area contributed by atoms with E-state index in [2.05, 4.69) is 0 Å². The molecule has 14 heavy (non-hydrogen) atoms. The van der Waals surface area contributed by atoms with Gasteiger partial charge in [-0.05, 0) is 19.8 Å². The molecule has 0 unspecified atom stereocenters. The lowest BCUT2D eigenvalue weighted by atomic mass is 10.0. The zero-order valence-electron chi connectivity index (χ0n) is 8.02. The minimum absolute atomic E-state index is 0.00356. The highest BCUT2D eigenvalue weighted by atomic mass is 32.2. The van der Waals surface area contributed by atoms with E-state index in [0.717, 1.165) is 12.8 Å². The third-order valence-corrected chi connectivity index (χ3v) is 4.46. The maximum atomic E-state index is 11.6. The fraction of sp³-hybridized carbons (Fsp3) is 0.778. The molecule has 4 nitrogen and oxygen atoms in total. The first kappa shape index (κ1) is 9.83. The number of rotatable bonds is 1. The second-order valence-electron chi connectivity index (χ2n) is 3.96. The van der Waals surface area contributed by atoms with Crippen LogP contribution in [0.25, 0.3) is 0 Å². The van der Waals surface area contributed by atoms with Gasteiger partial charge in [0.25, 0.3) is 0 Å². The van der Waals surface area contributed by atoms with E-state index < -0.39 is 12.0 Å². The van der Waals surface area contributed by atoms with Crippen molar-refractivity contribution in [3.05, 3.63) is 0 Å². The summed E-state index contributed by atoms with van der Waals surface area (Å²) in [6.45, 7) is 1.97. The minimum atomic E-state index is -0.878. The van der Waals surface area contributed by atoms with Crippen molar-refractivity contribution in [3.63, 3.8) is 0 Å². The molecule has 0 aromatic carbocycles. The molecule has 0 radical (unpaired) electrons. The Balaban J connectivity index is 2.29. The van der Waals surface area contributed by atoms with E-state index in [4.69, 9.17) is 5.11 Å². The highest BCUT2D eigenvalue weighted by molar-refractivity contribution is 8.00. The average Bonchev–Trinajstić information content (AvgIpc) is 2.43. The van der Waals surface area contributed by atoms with Gasteiger partial charge in [-0.15, -0.1) is 11.8 Å². The lowest BCUT2D eigenvalue weighted by Gasteiger charge is -2.39. The van der Waals surface area contributed by atoms with E-state index in [1.165, 1.54) is 0 Å². The summed E-state index contributed by atoms with van der Waals surface area (Å²) in [7, 11) is 0. The lowest BCUT2D eigenvalue weighted by molar-refractivity contribution is -0.152. The Morgan fingerprint density at radius 3 is 3.07 bits per heavy atom. The van der Waals surface area contributed by atoms with Crippen molar-refractivity contribution in [3.8, 4) is 0 Å². The summed E-state index contributed by atoms with van der Waals surface area (Å²) in [6, 6.07) is -0.613. The smallest absolute Gasteiger partial charge is 0.327 e. The summed E-state index contributed by atoms with van der Waals surface area (Å²) in [5.41, 5.74) is 0. The summed E-state index contributed by atoms with van der Waals surface area (Å²) in [5, 5.41) is 8.98. The Morgan fingerprint density at radius 2 is 2.43 bits per heavy atom. The van der Waals surface area contributed by atoms with Crippen LogP contribution in [0, 0.1) is 0 Å². The molecule has 0 saturated carbocycles. The number of hydrogen-bond donors (Lipinski definition) is 1. The standard InChI is InChI=1S/C9H13NO3S/c1-9-4-2-3-7(11)10(9)6(5-14-9)8(12)13/h6H,2-5H2,1H3,(H,12,13)/t6-,9+/m0/s1. The van der Waals surface area contributed by atoms with E-state index in [0.29, 0.717) is 12.2 Å². The number of nitrogens with zero attached hydrogens (tertiary/aromatic N) is 1. The summed E-state index contributed by atoms with van der Waals surface area (Å²) in [5.74, 6) is -0.356. The number of carbonyl (C=O) groups is 2. The Labute approximate surface area is 86.6 Å². The van der Waals surface area contributed by atoms with Crippen molar-refractivity contribution in [1.82, 2.24) is 4.90 Å². The number of hydrogen-bond acceptors (Lipinski definition) is 3. The molecule has 0 bridgehead atoms. The first-order chi connectivity index (χ1) is 6.54. The second-order valence-corrected chi connectivity index (χ2v) is 5.46. The molecule has 2 fully saturated rings. The normalized spacial score (nSPS) is 37.1. The average molecular weight is 215 g/mol. The molecule has 2 heterocycles. The number of carboxylic acids is 1. The molecular weight excluding hydrogens is 202 g/mol. The summed E-state index contributed by atoms with van der Waals surface area (Å²) in [4.78, 5) is 23.9. The molecule has 0 aliphatic carbocycles. The largest absolute Gasteiger partial charge is 0.480 e. The quantitative estimate of drug-likeness (QED) is 0.706. The summed E-state index contributed by atoms with van der Waals surface area (Å²) < 4.78 is 0. The van der Waals surface area contributed by atoms with Crippen LogP contribution in [-0.2, 0) is 9.59 Å². The molecule has 0 spiro atoms. The van der Waals surface area contributed by atoms with Gasteiger partial charge in [-0.2, -0.15) is 0 Å². The van der Waals surface area contributed by atoms with Crippen molar-refractivity contribution < 1.29 is 14.7 Å². The Morgan fingerprint density at radius 1 is 1.71 bits per heavy atom. The Kier molecular flexibility index (Phi) is 2.21. The predicted molar refractivity (Wildman–Crippen MR) is 53.0 cm³/mol. The monoisotopic (exact) mass is 215 g/mol. The molecule has 0 aromatic rings. The van der Waals surface area contributed by atoms with Crippen molar-refractivity contribution in [1.29, 1.82) is 0 Å². The van der Waals surface area contributed by atoms with Gasteiger partial charge in [-0.1, -0.05) is 0 Å². The summed E-state index contributed by atoms with van der Waals surface area (Å²) >= 11 is 1.59. The maximum absolute atomic E-state index is 11.6. The fourth-order valence-electron chi connectivity index (χ4n) is 2.23. The molecular formula is C9H13NO3S. The third kappa shape index (κ3) is 1.30. The summed E-state index contributed by atoms with van der Waals surface area (Å²) in [6.07, 6.45) is 2.29. The Bertz CT molecular complexity index is 294. The van der Waals surface area contributed by atoms with Gasteiger partial charge in [0.05, 0.1) is 4.87 Å². The molecule has 2 saturated heterocycles. The van der Waals surface area contributed by atoms with Gasteiger partial charge in [0.2, 0.25) is 5.91 Å². The number of piperidine rings is 1. The van der Waals surface area contributed by atoms with Crippen molar-refractivity contribution >= 4 is 23.6 Å². The Hall–Kier alpha value is -0.710. The fourth-order valence-corrected chi connectivity index (χ4v) is 3.70. The van der Waals surface area contributed by atoms with Gasteiger partial charge in [-0.25, -0.2) is 4.79 Å². The molecule has 2 rings (SSSR count). The number of carboxylic acid groups (broad SMARTS) is 1. The first-order valence-corrected chi connectivity index (χ1v) is 5.72. The zero-order valence-corrected chi connectivity index (χ0v) is 8.84. The highest BCUT2D eigenvalue weighted by Gasteiger charge is 2.50. The van der Waals surface area contributed by atoms with Crippen LogP contribution < -0.4 is 0 Å². The molecule has 2 aliphatic rings. The molecule has 5 heteroatoms. The van der Waals surface area contributed by atoms with Gasteiger partial charge in [0.1, 0.15) is 6.04 Å². The van der Waals surface area contributed by atoms with Crippen LogP contribution in [-0.4, -0.2) is 38.5 Å². The molecule has 1 amide bonds. The van der Waals surface area contributed by atoms with E-state index in [-0.39, 0.29) is 10.8 Å². The van der Waals surface area contributed by atoms with Gasteiger partial charge >= 0.3 is 5.97 Å². The van der Waals surface area contributed by atoms with Crippen molar-refractivity contribution in [2.24, 2.45) is 0 Å². The molecule has 78 valence electrons.